The van der Waals surface area contributed by atoms with Crippen molar-refractivity contribution in [3.05, 3.63) is 77.1 Å². The minimum absolute atomic E-state index is 0.323. The lowest BCUT2D eigenvalue weighted by Gasteiger charge is -2.27. The number of carbonyl (C=O) groups is 1. The van der Waals surface area contributed by atoms with Crippen LogP contribution in [0.4, 0.5) is 0 Å². The smallest absolute Gasteiger partial charge is 0.336 e. The van der Waals surface area contributed by atoms with Crippen LogP contribution in [0.3, 0.4) is 0 Å². The molecule has 2 aromatic carbocycles. The van der Waals surface area contributed by atoms with Gasteiger partial charge in [0, 0.05) is 18.0 Å². The summed E-state index contributed by atoms with van der Waals surface area (Å²) in [5, 5.41) is 9.40. The van der Waals surface area contributed by atoms with E-state index >= 15 is 0 Å². The molecular formula is C25H25NO4. The van der Waals surface area contributed by atoms with Crippen LogP contribution >= 0.6 is 0 Å². The minimum atomic E-state index is -0.906. The first-order valence-electron chi connectivity index (χ1n) is 10.1. The molecule has 0 saturated carbocycles. The molecule has 4 rings (SSSR count). The van der Waals surface area contributed by atoms with E-state index in [0.717, 1.165) is 41.0 Å². The number of aromatic nitrogens is 1. The fourth-order valence-corrected chi connectivity index (χ4v) is 4.14. The van der Waals surface area contributed by atoms with Gasteiger partial charge >= 0.3 is 5.97 Å². The van der Waals surface area contributed by atoms with Gasteiger partial charge in [0.15, 0.2) is 0 Å². The number of aromatic carboxylic acids is 1. The first-order valence-corrected chi connectivity index (χ1v) is 10.1. The van der Waals surface area contributed by atoms with Crippen molar-refractivity contribution in [2.75, 3.05) is 13.7 Å². The zero-order chi connectivity index (χ0) is 21.1. The second-order valence-corrected chi connectivity index (χ2v) is 7.67. The molecule has 0 spiro atoms. The largest absolute Gasteiger partial charge is 0.496 e. The zero-order valence-electron chi connectivity index (χ0n) is 17.2. The van der Waals surface area contributed by atoms with Crippen molar-refractivity contribution in [3.63, 3.8) is 0 Å². The molecule has 1 unspecified atom stereocenters. The molecule has 1 N–H and O–H groups in total. The molecule has 1 atom stereocenters. The van der Waals surface area contributed by atoms with E-state index in [1.807, 2.05) is 12.1 Å². The topological polar surface area (TPSA) is 68.7 Å². The first kappa shape index (κ1) is 20.0. The number of aryl methyl sites for hydroxylation is 2. The number of rotatable bonds is 6. The summed E-state index contributed by atoms with van der Waals surface area (Å²) in [5.41, 5.74) is 5.58. The Hall–Kier alpha value is -3.34. The molecule has 0 amide bonds. The van der Waals surface area contributed by atoms with Crippen LogP contribution < -0.4 is 9.47 Å². The van der Waals surface area contributed by atoms with E-state index in [-0.39, 0.29) is 0 Å². The summed E-state index contributed by atoms with van der Waals surface area (Å²) >= 11 is 0. The average Bonchev–Trinajstić information content (AvgIpc) is 2.77. The third-order valence-electron chi connectivity index (χ3n) is 5.74. The van der Waals surface area contributed by atoms with Crippen LogP contribution in [0.15, 0.2) is 54.9 Å². The highest BCUT2D eigenvalue weighted by molar-refractivity contribution is 5.89. The van der Waals surface area contributed by atoms with Crippen molar-refractivity contribution in [1.82, 2.24) is 4.98 Å². The summed E-state index contributed by atoms with van der Waals surface area (Å²) in [5.74, 6) is 1.16. The van der Waals surface area contributed by atoms with Crippen LogP contribution in [-0.2, 0) is 6.42 Å². The van der Waals surface area contributed by atoms with Crippen LogP contribution in [0.5, 0.6) is 11.5 Å². The van der Waals surface area contributed by atoms with Crippen molar-refractivity contribution in [1.29, 1.82) is 0 Å². The van der Waals surface area contributed by atoms with Gasteiger partial charge < -0.3 is 14.6 Å². The number of carboxylic acid groups (broad SMARTS) is 1. The lowest BCUT2D eigenvalue weighted by molar-refractivity contribution is 0.0695. The molecule has 5 nitrogen and oxygen atoms in total. The van der Waals surface area contributed by atoms with Gasteiger partial charge in [-0.15, -0.1) is 0 Å². The number of pyridine rings is 1. The van der Waals surface area contributed by atoms with E-state index in [4.69, 9.17) is 9.47 Å². The molecular weight excluding hydrogens is 378 g/mol. The maximum absolute atomic E-state index is 11.5. The predicted octanol–water partition coefficient (Wildman–Crippen LogP) is 5.26. The van der Waals surface area contributed by atoms with E-state index in [1.165, 1.54) is 17.3 Å². The highest BCUT2D eigenvalue weighted by Crippen LogP contribution is 2.40. The predicted molar refractivity (Wildman–Crippen MR) is 116 cm³/mol. The number of nitrogens with zero attached hydrogens (tertiary/aromatic N) is 1. The molecule has 30 heavy (non-hydrogen) atoms. The zero-order valence-corrected chi connectivity index (χ0v) is 17.2. The van der Waals surface area contributed by atoms with Gasteiger partial charge in [0.25, 0.3) is 0 Å². The highest BCUT2D eigenvalue weighted by atomic mass is 16.5. The van der Waals surface area contributed by atoms with Gasteiger partial charge in [0.2, 0.25) is 0 Å². The summed E-state index contributed by atoms with van der Waals surface area (Å²) in [4.78, 5) is 15.6. The van der Waals surface area contributed by atoms with Gasteiger partial charge in [-0.2, -0.15) is 0 Å². The van der Waals surface area contributed by atoms with Gasteiger partial charge in [0.05, 0.1) is 19.3 Å². The molecule has 1 aliphatic rings. The summed E-state index contributed by atoms with van der Waals surface area (Å²) in [6, 6.07) is 14.1. The number of hydrogen-bond acceptors (Lipinski definition) is 4. The van der Waals surface area contributed by atoms with Crippen molar-refractivity contribution < 1.29 is 19.4 Å². The van der Waals surface area contributed by atoms with E-state index in [9.17, 15) is 9.90 Å². The normalized spacial score (nSPS) is 15.2. The van der Waals surface area contributed by atoms with Crippen LogP contribution in [0.1, 0.15) is 45.8 Å². The number of ether oxygens (including phenoxy) is 2. The first-order chi connectivity index (χ1) is 14.6. The van der Waals surface area contributed by atoms with Crippen molar-refractivity contribution >= 4 is 5.97 Å². The number of methoxy groups -OCH3 is 1. The van der Waals surface area contributed by atoms with Crippen LogP contribution in [0.25, 0.3) is 11.1 Å². The van der Waals surface area contributed by atoms with Gasteiger partial charge in [0.1, 0.15) is 11.5 Å². The molecule has 2 heterocycles. The summed E-state index contributed by atoms with van der Waals surface area (Å²) in [6.07, 6.45) is 5.64. The van der Waals surface area contributed by atoms with Crippen LogP contribution in [-0.4, -0.2) is 29.8 Å². The molecule has 3 aromatic rings. The van der Waals surface area contributed by atoms with E-state index in [2.05, 4.69) is 36.2 Å². The second kappa shape index (κ2) is 8.57. The molecule has 1 aliphatic heterocycles. The van der Waals surface area contributed by atoms with Crippen LogP contribution in [0.2, 0.25) is 0 Å². The molecule has 0 bridgehead atoms. The number of benzene rings is 2. The van der Waals surface area contributed by atoms with Crippen molar-refractivity contribution in [2.45, 2.75) is 32.1 Å². The lowest BCUT2D eigenvalue weighted by Crippen LogP contribution is -2.15. The van der Waals surface area contributed by atoms with Crippen molar-refractivity contribution in [2.24, 2.45) is 0 Å². The number of carboxylic acids is 1. The standard InChI is InChI=1S/C25H25NO4/c1-16-3-8-23(29-2)22(13-16)18-6-7-20-17(10-12-30-24(20)14-18)4-5-19-15-26-11-9-21(19)25(27)28/h3,6-9,11,13-15,17H,4-5,10,12H2,1-2H3,(H,27,28). The van der Waals surface area contributed by atoms with E-state index < -0.39 is 5.97 Å². The molecule has 0 fully saturated rings. The maximum atomic E-state index is 11.5. The Morgan fingerprint density at radius 3 is 2.90 bits per heavy atom. The Kier molecular flexibility index (Phi) is 5.70. The SMILES string of the molecule is COc1ccc(C)cc1-c1ccc2c(c1)OCCC2CCc1cnccc1C(=O)O. The van der Waals surface area contributed by atoms with Crippen molar-refractivity contribution in [3.8, 4) is 22.6 Å². The Morgan fingerprint density at radius 2 is 2.10 bits per heavy atom. The second-order valence-electron chi connectivity index (χ2n) is 7.67. The molecule has 5 heteroatoms. The maximum Gasteiger partial charge on any atom is 0.336 e. The molecule has 0 radical (unpaired) electrons. The monoisotopic (exact) mass is 403 g/mol. The van der Waals surface area contributed by atoms with E-state index in [0.29, 0.717) is 24.5 Å². The Balaban J connectivity index is 1.59. The van der Waals surface area contributed by atoms with Gasteiger partial charge in [-0.25, -0.2) is 4.79 Å². The number of hydrogen-bond donors (Lipinski definition) is 1. The molecule has 0 saturated heterocycles. The average molecular weight is 403 g/mol. The Labute approximate surface area is 176 Å². The summed E-state index contributed by atoms with van der Waals surface area (Å²) in [6.45, 7) is 2.72. The minimum Gasteiger partial charge on any atom is -0.496 e. The summed E-state index contributed by atoms with van der Waals surface area (Å²) < 4.78 is 11.5. The molecule has 0 aliphatic carbocycles. The quantitative estimate of drug-likeness (QED) is 0.608. The fraction of sp³-hybridized carbons (Fsp3) is 0.280. The van der Waals surface area contributed by atoms with Gasteiger partial charge in [-0.1, -0.05) is 23.8 Å². The fourth-order valence-electron chi connectivity index (χ4n) is 4.14. The van der Waals surface area contributed by atoms with Gasteiger partial charge in [-0.05, 0) is 73.1 Å². The Bertz CT molecular complexity index is 1080. The Morgan fingerprint density at radius 1 is 1.23 bits per heavy atom. The molecule has 154 valence electrons. The summed E-state index contributed by atoms with van der Waals surface area (Å²) in [7, 11) is 1.68. The van der Waals surface area contributed by atoms with Gasteiger partial charge in [-0.3, -0.25) is 4.98 Å². The van der Waals surface area contributed by atoms with E-state index in [1.54, 1.807) is 19.4 Å². The molecule has 1 aromatic heterocycles. The number of fused-ring (bicyclic) bond motifs is 1. The lowest BCUT2D eigenvalue weighted by atomic mass is 9.86. The highest BCUT2D eigenvalue weighted by Gasteiger charge is 2.23. The third-order valence-corrected chi connectivity index (χ3v) is 5.74. The van der Waals surface area contributed by atoms with Crippen LogP contribution in [0, 0.1) is 6.92 Å². The third kappa shape index (κ3) is 4.01.